The molecule has 4 heteroatoms. The number of H-pyrrole nitrogens is 1. The summed E-state index contributed by atoms with van der Waals surface area (Å²) in [5.74, 6) is 1.17. The van der Waals surface area contributed by atoms with Crippen molar-refractivity contribution in [2.24, 2.45) is 0 Å². The molecule has 0 radical (unpaired) electrons. The van der Waals surface area contributed by atoms with Crippen molar-refractivity contribution in [2.75, 3.05) is 7.11 Å². The molecule has 1 aromatic carbocycles. The van der Waals surface area contributed by atoms with E-state index in [9.17, 15) is 4.79 Å². The number of benzene rings is 1. The number of Topliss-reactive ketones (excluding diaryl/α,β-unsaturated/α-hetero) is 1. The van der Waals surface area contributed by atoms with Crippen LogP contribution in [0.1, 0.15) is 39.6 Å². The largest absolute Gasteiger partial charge is 0.496 e. The Hall–Kier alpha value is -2.10. The van der Waals surface area contributed by atoms with Gasteiger partial charge < -0.3 is 4.74 Å². The van der Waals surface area contributed by atoms with Crippen molar-refractivity contribution in [3.05, 3.63) is 46.8 Å². The number of carbonyl (C=O) groups excluding carboxylic acids is 1. The van der Waals surface area contributed by atoms with E-state index < -0.39 is 0 Å². The Balaban J connectivity index is 1.99. The number of para-hydroxylation sites is 1. The predicted octanol–water partition coefficient (Wildman–Crippen LogP) is 2.64. The normalized spacial score (nSPS) is 18.2. The number of carbonyl (C=O) groups is 1. The van der Waals surface area contributed by atoms with Gasteiger partial charge in [0.15, 0.2) is 5.78 Å². The first-order chi connectivity index (χ1) is 9.20. The van der Waals surface area contributed by atoms with Crippen LogP contribution in [0, 0.1) is 6.92 Å². The number of ketones is 1. The van der Waals surface area contributed by atoms with Crippen molar-refractivity contribution >= 4 is 5.78 Å². The third-order valence-corrected chi connectivity index (χ3v) is 3.75. The summed E-state index contributed by atoms with van der Waals surface area (Å²) in [6.07, 6.45) is 1.31. The molecule has 1 N–H and O–H groups in total. The molecule has 0 unspecified atom stereocenters. The Bertz CT molecular complexity index is 631. The summed E-state index contributed by atoms with van der Waals surface area (Å²) in [4.78, 5) is 12.3. The molecule has 0 saturated carbocycles. The molecule has 2 aromatic rings. The summed E-state index contributed by atoms with van der Waals surface area (Å²) >= 11 is 0. The first-order valence-electron chi connectivity index (χ1n) is 6.40. The summed E-state index contributed by atoms with van der Waals surface area (Å²) in [6, 6.07) is 7.89. The number of aromatic amines is 1. The van der Waals surface area contributed by atoms with Gasteiger partial charge in [-0.2, -0.15) is 5.10 Å². The predicted molar refractivity (Wildman–Crippen MR) is 71.7 cm³/mol. The number of aryl methyl sites for hydroxylation is 1. The second-order valence-electron chi connectivity index (χ2n) is 4.94. The smallest absolute Gasteiger partial charge is 0.167 e. The highest BCUT2D eigenvalue weighted by Crippen LogP contribution is 2.36. The van der Waals surface area contributed by atoms with Crippen LogP contribution in [0.25, 0.3) is 0 Å². The van der Waals surface area contributed by atoms with Gasteiger partial charge in [-0.3, -0.25) is 9.89 Å². The van der Waals surface area contributed by atoms with Gasteiger partial charge >= 0.3 is 0 Å². The lowest BCUT2D eigenvalue weighted by atomic mass is 9.81. The number of methoxy groups -OCH3 is 1. The highest BCUT2D eigenvalue weighted by Gasteiger charge is 2.31. The van der Waals surface area contributed by atoms with Crippen LogP contribution >= 0.6 is 0 Å². The maximum atomic E-state index is 12.3. The van der Waals surface area contributed by atoms with E-state index >= 15 is 0 Å². The highest BCUT2D eigenvalue weighted by molar-refractivity contribution is 5.99. The van der Waals surface area contributed by atoms with E-state index in [1.165, 1.54) is 0 Å². The summed E-state index contributed by atoms with van der Waals surface area (Å²) in [5.41, 5.74) is 3.62. The van der Waals surface area contributed by atoms with E-state index in [4.69, 9.17) is 4.74 Å². The highest BCUT2D eigenvalue weighted by atomic mass is 16.5. The second-order valence-corrected chi connectivity index (χ2v) is 4.94. The maximum Gasteiger partial charge on any atom is 0.167 e. The lowest BCUT2D eigenvalue weighted by Gasteiger charge is -2.22. The lowest BCUT2D eigenvalue weighted by Crippen LogP contribution is -2.19. The number of nitrogens with one attached hydrogen (secondary N) is 1. The molecule has 19 heavy (non-hydrogen) atoms. The Labute approximate surface area is 111 Å². The number of hydrogen-bond donors (Lipinski definition) is 1. The Morgan fingerprint density at radius 3 is 2.89 bits per heavy atom. The van der Waals surface area contributed by atoms with E-state index in [1.54, 1.807) is 7.11 Å². The number of ether oxygens (including phenoxy) is 1. The van der Waals surface area contributed by atoms with Crippen molar-refractivity contribution in [1.29, 1.82) is 0 Å². The molecule has 0 spiro atoms. The lowest BCUT2D eigenvalue weighted by molar-refractivity contribution is 0.0963. The summed E-state index contributed by atoms with van der Waals surface area (Å²) in [6.45, 7) is 1.90. The van der Waals surface area contributed by atoms with Crippen molar-refractivity contribution in [1.82, 2.24) is 10.2 Å². The first-order valence-corrected chi connectivity index (χ1v) is 6.40. The molecule has 1 aromatic heterocycles. The van der Waals surface area contributed by atoms with Crippen molar-refractivity contribution in [2.45, 2.75) is 25.7 Å². The molecule has 3 rings (SSSR count). The zero-order valence-electron chi connectivity index (χ0n) is 11.1. The molecule has 0 amide bonds. The Morgan fingerprint density at radius 1 is 1.32 bits per heavy atom. The summed E-state index contributed by atoms with van der Waals surface area (Å²) in [7, 11) is 1.66. The van der Waals surface area contributed by atoms with E-state index in [0.717, 1.165) is 34.7 Å². The minimum absolute atomic E-state index is 0.152. The third-order valence-electron chi connectivity index (χ3n) is 3.75. The average Bonchev–Trinajstić information content (AvgIpc) is 2.80. The van der Waals surface area contributed by atoms with Gasteiger partial charge in [0.25, 0.3) is 0 Å². The molecule has 0 saturated heterocycles. The zero-order valence-corrected chi connectivity index (χ0v) is 11.1. The SMILES string of the molecule is COc1ccccc1[C@H]1CC(=O)c2c(n[nH]c2C)C1. The maximum absolute atomic E-state index is 12.3. The van der Waals surface area contributed by atoms with Crippen LogP contribution in [0.4, 0.5) is 0 Å². The molecule has 1 aliphatic rings. The van der Waals surface area contributed by atoms with Crippen LogP contribution < -0.4 is 4.74 Å². The molecule has 98 valence electrons. The number of hydrogen-bond acceptors (Lipinski definition) is 3. The van der Waals surface area contributed by atoms with Gasteiger partial charge in [0.1, 0.15) is 5.75 Å². The molecular weight excluding hydrogens is 240 g/mol. The molecule has 0 bridgehead atoms. The van der Waals surface area contributed by atoms with Crippen molar-refractivity contribution in [3.8, 4) is 5.75 Å². The van der Waals surface area contributed by atoms with Gasteiger partial charge in [0.05, 0.1) is 18.4 Å². The van der Waals surface area contributed by atoms with E-state index in [2.05, 4.69) is 10.2 Å². The van der Waals surface area contributed by atoms with Crippen LogP contribution in [0.2, 0.25) is 0 Å². The second kappa shape index (κ2) is 4.53. The van der Waals surface area contributed by atoms with E-state index in [1.807, 2.05) is 31.2 Å². The first kappa shape index (κ1) is 12.0. The van der Waals surface area contributed by atoms with Crippen molar-refractivity contribution in [3.63, 3.8) is 0 Å². The molecule has 1 aliphatic carbocycles. The van der Waals surface area contributed by atoms with Gasteiger partial charge in [0, 0.05) is 18.0 Å². The van der Waals surface area contributed by atoms with Gasteiger partial charge in [0.2, 0.25) is 0 Å². The molecule has 0 aliphatic heterocycles. The molecular formula is C15H16N2O2. The average molecular weight is 256 g/mol. The van der Waals surface area contributed by atoms with Crippen LogP contribution in [0.3, 0.4) is 0 Å². The number of rotatable bonds is 2. The van der Waals surface area contributed by atoms with E-state index in [-0.39, 0.29) is 11.7 Å². The Morgan fingerprint density at radius 2 is 2.11 bits per heavy atom. The van der Waals surface area contributed by atoms with Gasteiger partial charge in [-0.15, -0.1) is 0 Å². The summed E-state index contributed by atoms with van der Waals surface area (Å²) in [5, 5.41) is 7.16. The van der Waals surface area contributed by atoms with Gasteiger partial charge in [-0.05, 0) is 25.0 Å². The summed E-state index contributed by atoms with van der Waals surface area (Å²) < 4.78 is 5.39. The fraction of sp³-hybridized carbons (Fsp3) is 0.333. The van der Waals surface area contributed by atoms with Crippen LogP contribution in [0.15, 0.2) is 24.3 Å². The van der Waals surface area contributed by atoms with Crippen LogP contribution in [-0.4, -0.2) is 23.1 Å². The van der Waals surface area contributed by atoms with Crippen molar-refractivity contribution < 1.29 is 9.53 Å². The van der Waals surface area contributed by atoms with E-state index in [0.29, 0.717) is 6.42 Å². The number of nitrogens with zero attached hydrogens (tertiary/aromatic N) is 1. The minimum Gasteiger partial charge on any atom is -0.496 e. The topological polar surface area (TPSA) is 55.0 Å². The molecule has 4 nitrogen and oxygen atoms in total. The number of aromatic nitrogens is 2. The zero-order chi connectivity index (χ0) is 13.4. The molecule has 0 fully saturated rings. The standard InChI is InChI=1S/C15H16N2O2/c1-9-15-12(17-16-9)7-10(8-13(15)18)11-5-3-4-6-14(11)19-2/h3-6,10H,7-8H2,1-2H3,(H,16,17)/t10-/m1/s1. The Kier molecular flexibility index (Phi) is 2.85. The molecule has 1 atom stereocenters. The fourth-order valence-electron chi connectivity index (χ4n) is 2.85. The fourth-order valence-corrected chi connectivity index (χ4v) is 2.85. The minimum atomic E-state index is 0.152. The van der Waals surface area contributed by atoms with Gasteiger partial charge in [-0.25, -0.2) is 0 Å². The number of fused-ring (bicyclic) bond motifs is 1. The quantitative estimate of drug-likeness (QED) is 0.898. The monoisotopic (exact) mass is 256 g/mol. The molecule has 1 heterocycles. The van der Waals surface area contributed by atoms with Gasteiger partial charge in [-0.1, -0.05) is 18.2 Å². The van der Waals surface area contributed by atoms with Crippen LogP contribution in [-0.2, 0) is 6.42 Å². The van der Waals surface area contributed by atoms with Crippen LogP contribution in [0.5, 0.6) is 5.75 Å². The third kappa shape index (κ3) is 1.93.